The van der Waals surface area contributed by atoms with Crippen LogP contribution in [0.15, 0.2) is 48.5 Å². The Kier molecular flexibility index (Phi) is 6.12. The van der Waals surface area contributed by atoms with E-state index in [0.717, 1.165) is 24.2 Å². The zero-order valence-electron chi connectivity index (χ0n) is 15.6. The van der Waals surface area contributed by atoms with Gasteiger partial charge >= 0.3 is 0 Å². The lowest BCUT2D eigenvalue weighted by molar-refractivity contribution is 0.246. The Labute approximate surface area is 157 Å². The number of hydrogen-bond donors (Lipinski definition) is 1. The van der Waals surface area contributed by atoms with E-state index in [1.54, 1.807) is 0 Å². The van der Waals surface area contributed by atoms with Crippen LogP contribution < -0.4 is 4.72 Å². The summed E-state index contributed by atoms with van der Waals surface area (Å²) < 4.78 is 28.0. The van der Waals surface area contributed by atoms with Crippen LogP contribution in [0.2, 0.25) is 0 Å². The second-order valence-corrected chi connectivity index (χ2v) is 9.07. The standard InChI is InChI=1S/C21H28N2O2S/c1-17-5-9-19(10-6-17)16-26(24,25)22-15-21(23-13-3-4-14-23)20-11-7-18(2)8-12-20/h5-12,21-22H,3-4,13-16H2,1-2H3. The van der Waals surface area contributed by atoms with E-state index in [9.17, 15) is 8.42 Å². The lowest BCUT2D eigenvalue weighted by Gasteiger charge is -2.28. The summed E-state index contributed by atoms with van der Waals surface area (Å²) in [5.41, 5.74) is 4.34. The Hall–Kier alpha value is -1.69. The summed E-state index contributed by atoms with van der Waals surface area (Å²) in [6, 6.07) is 16.2. The van der Waals surface area contributed by atoms with Crippen LogP contribution in [-0.2, 0) is 15.8 Å². The van der Waals surface area contributed by atoms with Gasteiger partial charge in [0.1, 0.15) is 0 Å². The molecule has 2 aromatic rings. The molecule has 0 spiro atoms. The fourth-order valence-corrected chi connectivity index (χ4v) is 4.61. The maximum absolute atomic E-state index is 12.6. The van der Waals surface area contributed by atoms with Crippen molar-refractivity contribution in [2.24, 2.45) is 0 Å². The zero-order chi connectivity index (χ0) is 18.6. The fraction of sp³-hybridized carbons (Fsp3) is 0.429. The van der Waals surface area contributed by atoms with Crippen molar-refractivity contribution in [1.82, 2.24) is 9.62 Å². The van der Waals surface area contributed by atoms with E-state index >= 15 is 0 Å². The van der Waals surface area contributed by atoms with Crippen molar-refractivity contribution < 1.29 is 8.42 Å². The molecule has 1 atom stereocenters. The minimum atomic E-state index is -3.36. The van der Waals surface area contributed by atoms with Crippen LogP contribution in [0.25, 0.3) is 0 Å². The molecule has 5 heteroatoms. The molecule has 0 bridgehead atoms. The molecule has 0 radical (unpaired) electrons. The molecular formula is C21H28N2O2S. The zero-order valence-corrected chi connectivity index (χ0v) is 16.4. The van der Waals surface area contributed by atoms with Crippen LogP contribution >= 0.6 is 0 Å². The van der Waals surface area contributed by atoms with Gasteiger partial charge in [-0.3, -0.25) is 4.90 Å². The van der Waals surface area contributed by atoms with E-state index in [1.807, 2.05) is 31.2 Å². The average Bonchev–Trinajstić information content (AvgIpc) is 3.13. The van der Waals surface area contributed by atoms with Crippen molar-refractivity contribution in [3.8, 4) is 0 Å². The SMILES string of the molecule is Cc1ccc(CS(=O)(=O)NCC(c2ccc(C)cc2)N2CCCC2)cc1. The normalized spacial score (nSPS) is 16.7. The summed E-state index contributed by atoms with van der Waals surface area (Å²) in [4.78, 5) is 2.39. The van der Waals surface area contributed by atoms with E-state index in [1.165, 1.54) is 24.0 Å². The van der Waals surface area contributed by atoms with Gasteiger partial charge in [0.05, 0.1) is 5.75 Å². The largest absolute Gasteiger partial charge is 0.295 e. The number of rotatable bonds is 7. The number of likely N-dealkylation sites (tertiary alicyclic amines) is 1. The highest BCUT2D eigenvalue weighted by molar-refractivity contribution is 7.88. The molecule has 1 saturated heterocycles. The molecule has 1 aliphatic heterocycles. The smallest absolute Gasteiger partial charge is 0.215 e. The average molecular weight is 373 g/mol. The van der Waals surface area contributed by atoms with Crippen molar-refractivity contribution in [3.63, 3.8) is 0 Å². The monoisotopic (exact) mass is 372 g/mol. The van der Waals surface area contributed by atoms with Crippen LogP contribution in [0.3, 0.4) is 0 Å². The van der Waals surface area contributed by atoms with Crippen molar-refractivity contribution >= 4 is 10.0 Å². The summed E-state index contributed by atoms with van der Waals surface area (Å²) in [5.74, 6) is 0.0217. The van der Waals surface area contributed by atoms with E-state index in [-0.39, 0.29) is 11.8 Å². The van der Waals surface area contributed by atoms with E-state index in [2.05, 4.69) is 40.8 Å². The van der Waals surface area contributed by atoms with Crippen LogP contribution in [0.1, 0.15) is 41.1 Å². The molecule has 140 valence electrons. The molecule has 2 aromatic carbocycles. The maximum Gasteiger partial charge on any atom is 0.215 e. The first-order valence-electron chi connectivity index (χ1n) is 9.26. The summed E-state index contributed by atoms with van der Waals surface area (Å²) >= 11 is 0. The molecule has 3 rings (SSSR count). The molecule has 1 unspecified atom stereocenters. The number of hydrogen-bond acceptors (Lipinski definition) is 3. The van der Waals surface area contributed by atoms with Crippen LogP contribution in [0.4, 0.5) is 0 Å². The molecule has 0 aliphatic carbocycles. The number of nitrogens with zero attached hydrogens (tertiary/aromatic N) is 1. The van der Waals surface area contributed by atoms with Gasteiger partial charge in [0.15, 0.2) is 0 Å². The lowest BCUT2D eigenvalue weighted by Crippen LogP contribution is -2.37. The van der Waals surface area contributed by atoms with Gasteiger partial charge < -0.3 is 0 Å². The number of aryl methyl sites for hydroxylation is 2. The van der Waals surface area contributed by atoms with Gasteiger partial charge in [-0.15, -0.1) is 0 Å². The summed E-state index contributed by atoms with van der Waals surface area (Å²) in [5, 5.41) is 0. The first kappa shape index (κ1) is 19.1. The Morgan fingerprint density at radius 1 is 0.923 bits per heavy atom. The van der Waals surface area contributed by atoms with Gasteiger partial charge in [-0.2, -0.15) is 0 Å². The van der Waals surface area contributed by atoms with Gasteiger partial charge in [0.2, 0.25) is 10.0 Å². The molecular weight excluding hydrogens is 344 g/mol. The summed E-state index contributed by atoms with van der Waals surface area (Å²) in [6.45, 7) is 6.53. The predicted molar refractivity (Wildman–Crippen MR) is 107 cm³/mol. The van der Waals surface area contributed by atoms with Gasteiger partial charge in [0, 0.05) is 12.6 Å². The lowest BCUT2D eigenvalue weighted by atomic mass is 10.0. The van der Waals surface area contributed by atoms with Gasteiger partial charge in [0.25, 0.3) is 0 Å². The van der Waals surface area contributed by atoms with E-state index in [4.69, 9.17) is 0 Å². The number of nitrogens with one attached hydrogen (secondary N) is 1. The molecule has 0 aromatic heterocycles. The highest BCUT2D eigenvalue weighted by Gasteiger charge is 2.25. The predicted octanol–water partition coefficient (Wildman–Crippen LogP) is 3.56. The molecule has 4 nitrogen and oxygen atoms in total. The molecule has 26 heavy (non-hydrogen) atoms. The van der Waals surface area contributed by atoms with Crippen LogP contribution in [0, 0.1) is 13.8 Å². The van der Waals surface area contributed by atoms with Gasteiger partial charge in [-0.25, -0.2) is 13.1 Å². The molecule has 1 fully saturated rings. The Morgan fingerprint density at radius 3 is 2.04 bits per heavy atom. The third-order valence-electron chi connectivity index (χ3n) is 5.02. The third-order valence-corrected chi connectivity index (χ3v) is 6.34. The topological polar surface area (TPSA) is 49.4 Å². The van der Waals surface area contributed by atoms with Crippen molar-refractivity contribution in [1.29, 1.82) is 0 Å². The molecule has 1 aliphatic rings. The molecule has 1 N–H and O–H groups in total. The Bertz CT molecular complexity index is 808. The first-order valence-corrected chi connectivity index (χ1v) is 10.9. The first-order chi connectivity index (χ1) is 12.4. The van der Waals surface area contributed by atoms with Crippen molar-refractivity contribution in [3.05, 3.63) is 70.8 Å². The maximum atomic E-state index is 12.6. The fourth-order valence-electron chi connectivity index (χ4n) is 3.46. The van der Waals surface area contributed by atoms with Crippen molar-refractivity contribution in [2.45, 2.75) is 38.5 Å². The van der Waals surface area contributed by atoms with Gasteiger partial charge in [-0.1, -0.05) is 59.7 Å². The summed E-state index contributed by atoms with van der Waals surface area (Å²) in [6.07, 6.45) is 2.36. The molecule has 1 heterocycles. The molecule has 0 saturated carbocycles. The Balaban J connectivity index is 1.70. The van der Waals surface area contributed by atoms with Crippen LogP contribution in [-0.4, -0.2) is 33.0 Å². The number of benzene rings is 2. The van der Waals surface area contributed by atoms with Crippen molar-refractivity contribution in [2.75, 3.05) is 19.6 Å². The molecule has 0 amide bonds. The van der Waals surface area contributed by atoms with Crippen LogP contribution in [0.5, 0.6) is 0 Å². The highest BCUT2D eigenvalue weighted by atomic mass is 32.2. The number of sulfonamides is 1. The second kappa shape index (κ2) is 8.33. The minimum Gasteiger partial charge on any atom is -0.295 e. The highest BCUT2D eigenvalue weighted by Crippen LogP contribution is 2.25. The third kappa shape index (κ3) is 5.16. The summed E-state index contributed by atoms with van der Waals surface area (Å²) in [7, 11) is -3.36. The van der Waals surface area contributed by atoms with E-state index in [0.29, 0.717) is 6.54 Å². The Morgan fingerprint density at radius 2 is 1.46 bits per heavy atom. The van der Waals surface area contributed by atoms with Gasteiger partial charge in [-0.05, 0) is 50.9 Å². The minimum absolute atomic E-state index is 0.0217. The van der Waals surface area contributed by atoms with E-state index < -0.39 is 10.0 Å². The second-order valence-electron chi connectivity index (χ2n) is 7.26. The quantitative estimate of drug-likeness (QED) is 0.808.